The van der Waals surface area contributed by atoms with Gasteiger partial charge in [-0.1, -0.05) is 72.8 Å². The van der Waals surface area contributed by atoms with Crippen molar-refractivity contribution in [2.75, 3.05) is 16.5 Å². The molecule has 6 heteroatoms. The normalized spacial score (nSPS) is 14.1. The molecule has 0 N–H and O–H groups in total. The molecule has 0 saturated carbocycles. The van der Waals surface area contributed by atoms with Crippen molar-refractivity contribution >= 4 is 63.0 Å². The predicted octanol–water partition coefficient (Wildman–Crippen LogP) is 8.46. The molecular weight excluding hydrogens is 760 g/mol. The quantitative estimate of drug-likeness (QED) is 0.129. The summed E-state index contributed by atoms with van der Waals surface area (Å²) in [4.78, 5) is 9.37. The smallest absolute Gasteiger partial charge is 0.345 e. The minimum atomic E-state index is -2.33. The van der Waals surface area contributed by atoms with Crippen molar-refractivity contribution in [3.63, 3.8) is 0 Å². The molecule has 1 aliphatic heterocycles. The van der Waals surface area contributed by atoms with Gasteiger partial charge in [-0.2, -0.15) is 46.8 Å². The molecule has 0 spiro atoms. The third-order valence-electron chi connectivity index (χ3n) is 9.13. The SMILES string of the molecule is [2H]C([2H])([2H])c1ccnc(-n2c3[c-]c([Si](C)(C)c4[c-]c(N5CN(c6ccccc6C)c6ccccc65)ccc4)ccc3c3ccccc32)c1.[Pt+2]. The van der Waals surface area contributed by atoms with Crippen LogP contribution in [0.5, 0.6) is 0 Å². The number of benzene rings is 5. The molecule has 46 heavy (non-hydrogen) atoms. The maximum absolute atomic E-state index is 8.00. The van der Waals surface area contributed by atoms with Crippen LogP contribution in [0, 0.1) is 25.9 Å². The molecule has 3 heterocycles. The van der Waals surface area contributed by atoms with Crippen LogP contribution >= 0.6 is 0 Å². The van der Waals surface area contributed by atoms with Gasteiger partial charge in [-0.05, 0) is 66.7 Å². The van der Waals surface area contributed by atoms with Gasteiger partial charge in [0.05, 0.1) is 26.1 Å². The first-order chi connectivity index (χ1) is 23.1. The standard InChI is InChI=1S/C40H34N4Si.Pt/c1-28-22-23-41-40(24-28)44-36-17-8-6-15-33(36)34-21-20-32(26-39(34)44)45(3,4)31-14-11-13-30(25-31)42-27-43(35-16-7-5-12-29(35)2)38-19-10-9-18-37(38)42;/h5-24H,27H2,1-4H3;/q-2;+2/i1D3;. The first kappa shape index (κ1) is 26.7. The summed E-state index contributed by atoms with van der Waals surface area (Å²) in [6, 6.07) is 47.1. The molecule has 0 atom stereocenters. The van der Waals surface area contributed by atoms with Gasteiger partial charge < -0.3 is 14.4 Å². The van der Waals surface area contributed by atoms with E-state index in [1.165, 1.54) is 22.1 Å². The van der Waals surface area contributed by atoms with Crippen molar-refractivity contribution in [3.8, 4) is 5.82 Å². The molecular formula is C40H34N4PtSi. The minimum absolute atomic E-state index is 0. The summed E-state index contributed by atoms with van der Waals surface area (Å²) in [5, 5.41) is 4.47. The topological polar surface area (TPSA) is 24.3 Å². The summed E-state index contributed by atoms with van der Waals surface area (Å²) in [5.74, 6) is 0.571. The van der Waals surface area contributed by atoms with Gasteiger partial charge in [-0.3, -0.25) is 0 Å². The molecule has 0 aliphatic carbocycles. The largest absolute Gasteiger partial charge is 2.00 e. The summed E-state index contributed by atoms with van der Waals surface area (Å²) >= 11 is 0. The summed E-state index contributed by atoms with van der Waals surface area (Å²) < 4.78 is 26.1. The Morgan fingerprint density at radius 1 is 0.717 bits per heavy atom. The summed E-state index contributed by atoms with van der Waals surface area (Å²) in [6.07, 6.45) is 1.58. The zero-order valence-corrected chi connectivity index (χ0v) is 29.1. The number of aryl methyl sites for hydroxylation is 2. The first-order valence-electron chi connectivity index (χ1n) is 16.8. The molecule has 2 aromatic heterocycles. The number of fused-ring (bicyclic) bond motifs is 4. The monoisotopic (exact) mass is 796 g/mol. The predicted molar refractivity (Wildman–Crippen MR) is 191 cm³/mol. The van der Waals surface area contributed by atoms with Crippen LogP contribution in [0.3, 0.4) is 0 Å². The second kappa shape index (κ2) is 11.7. The van der Waals surface area contributed by atoms with Crippen LogP contribution < -0.4 is 20.2 Å². The van der Waals surface area contributed by atoms with Crippen molar-refractivity contribution in [1.29, 1.82) is 0 Å². The van der Waals surface area contributed by atoms with E-state index in [1.807, 2.05) is 12.1 Å². The first-order valence-corrected chi connectivity index (χ1v) is 18.3. The van der Waals surface area contributed by atoms with E-state index >= 15 is 0 Å². The fraction of sp³-hybridized carbons (Fsp3) is 0.125. The molecule has 5 aromatic carbocycles. The van der Waals surface area contributed by atoms with Crippen LogP contribution in [0.2, 0.25) is 13.1 Å². The second-order valence-corrected chi connectivity index (χ2v) is 16.6. The fourth-order valence-corrected chi connectivity index (χ4v) is 8.83. The van der Waals surface area contributed by atoms with E-state index in [9.17, 15) is 0 Å². The van der Waals surface area contributed by atoms with Crippen LogP contribution in [0.4, 0.5) is 22.7 Å². The minimum Gasteiger partial charge on any atom is -0.345 e. The third kappa shape index (κ3) is 4.90. The maximum Gasteiger partial charge on any atom is 2.00 e. The van der Waals surface area contributed by atoms with Crippen LogP contribution in [-0.2, 0) is 21.1 Å². The van der Waals surface area contributed by atoms with Gasteiger partial charge in [0.1, 0.15) is 5.82 Å². The van der Waals surface area contributed by atoms with E-state index in [0.29, 0.717) is 12.5 Å². The summed E-state index contributed by atoms with van der Waals surface area (Å²) in [5.41, 5.74) is 7.96. The van der Waals surface area contributed by atoms with Gasteiger partial charge in [0.2, 0.25) is 0 Å². The molecule has 8 rings (SSSR count). The Balaban J connectivity index is 0.00000378. The summed E-state index contributed by atoms with van der Waals surface area (Å²) in [7, 11) is -2.33. The number of nitrogens with zero attached hydrogens (tertiary/aromatic N) is 4. The second-order valence-electron chi connectivity index (χ2n) is 12.2. The van der Waals surface area contributed by atoms with Crippen molar-refractivity contribution in [1.82, 2.24) is 9.55 Å². The Morgan fingerprint density at radius 2 is 1.43 bits per heavy atom. The van der Waals surface area contributed by atoms with Crippen molar-refractivity contribution in [2.45, 2.75) is 26.9 Å². The molecule has 0 saturated heterocycles. The van der Waals surface area contributed by atoms with Crippen molar-refractivity contribution in [3.05, 3.63) is 145 Å². The zero-order valence-electron chi connectivity index (χ0n) is 28.9. The number of hydrogen-bond acceptors (Lipinski definition) is 3. The molecule has 228 valence electrons. The molecule has 4 nitrogen and oxygen atoms in total. The number of hydrogen-bond donors (Lipinski definition) is 0. The van der Waals surface area contributed by atoms with Gasteiger partial charge in [-0.25, -0.2) is 4.98 Å². The van der Waals surface area contributed by atoms with Crippen LogP contribution in [-0.4, -0.2) is 24.3 Å². The number of rotatable bonds is 5. The van der Waals surface area contributed by atoms with Gasteiger partial charge in [0.15, 0.2) is 0 Å². The number of para-hydroxylation sites is 4. The maximum atomic E-state index is 8.00. The van der Waals surface area contributed by atoms with E-state index in [4.69, 9.17) is 4.11 Å². The van der Waals surface area contributed by atoms with Crippen molar-refractivity contribution < 1.29 is 25.2 Å². The Kier molecular flexibility index (Phi) is 6.82. The third-order valence-corrected chi connectivity index (χ3v) is 12.4. The summed E-state index contributed by atoms with van der Waals surface area (Å²) in [6.45, 7) is 5.33. The number of aromatic nitrogens is 2. The van der Waals surface area contributed by atoms with Crippen molar-refractivity contribution in [2.24, 2.45) is 0 Å². The molecule has 0 bridgehead atoms. The zero-order chi connectivity index (χ0) is 33.2. The van der Waals surface area contributed by atoms with E-state index < -0.39 is 14.9 Å². The molecule has 0 unspecified atom stereocenters. The average Bonchev–Trinajstić information content (AvgIpc) is 3.64. The van der Waals surface area contributed by atoms with E-state index in [-0.39, 0.29) is 26.6 Å². The molecule has 0 radical (unpaired) electrons. The van der Waals surface area contributed by atoms with E-state index in [1.54, 1.807) is 18.3 Å². The van der Waals surface area contributed by atoms with E-state index in [0.717, 1.165) is 38.4 Å². The van der Waals surface area contributed by atoms with Gasteiger partial charge in [-0.15, -0.1) is 11.5 Å². The van der Waals surface area contributed by atoms with Gasteiger partial charge in [0, 0.05) is 21.5 Å². The molecule has 0 amide bonds. The Labute approximate surface area is 290 Å². The van der Waals surface area contributed by atoms with Crippen LogP contribution in [0.15, 0.2) is 121 Å². The number of pyridine rings is 1. The Hall–Kier alpha value is -4.44. The van der Waals surface area contributed by atoms with E-state index in [2.05, 4.69) is 142 Å². The fourth-order valence-electron chi connectivity index (χ4n) is 6.65. The van der Waals surface area contributed by atoms with Gasteiger partial charge in [0.25, 0.3) is 0 Å². The molecule has 0 fully saturated rings. The Morgan fingerprint density at radius 3 is 2.24 bits per heavy atom. The molecule has 1 aliphatic rings. The Bertz CT molecular complexity index is 2350. The van der Waals surface area contributed by atoms with Crippen LogP contribution in [0.25, 0.3) is 27.6 Å². The van der Waals surface area contributed by atoms with Crippen LogP contribution in [0.1, 0.15) is 15.2 Å². The average molecular weight is 797 g/mol. The number of anilines is 4. The molecule has 7 aromatic rings. The van der Waals surface area contributed by atoms with Gasteiger partial charge >= 0.3 is 21.1 Å².